The summed E-state index contributed by atoms with van der Waals surface area (Å²) in [5.74, 6) is 0. The molecular formula is C16H17N3O2S. The fraction of sp³-hybridized carbons (Fsp3) is 0.375. The Balaban J connectivity index is 1.81. The number of nitrogens with zero attached hydrogens (tertiary/aromatic N) is 3. The molecule has 114 valence electrons. The summed E-state index contributed by atoms with van der Waals surface area (Å²) in [4.78, 5) is 8.80. The van der Waals surface area contributed by atoms with E-state index in [4.69, 9.17) is 0 Å². The van der Waals surface area contributed by atoms with Gasteiger partial charge in [0.15, 0.2) is 0 Å². The van der Waals surface area contributed by atoms with Gasteiger partial charge in [0.05, 0.1) is 16.6 Å². The van der Waals surface area contributed by atoms with E-state index < -0.39 is 10.0 Å². The van der Waals surface area contributed by atoms with Gasteiger partial charge in [-0.15, -0.1) is 0 Å². The molecule has 1 saturated heterocycles. The van der Waals surface area contributed by atoms with Crippen LogP contribution in [0.2, 0.25) is 0 Å². The van der Waals surface area contributed by atoms with E-state index in [-0.39, 0.29) is 12.1 Å². The standard InChI is InChI=1S/C16H17N3O2S/c1-11-3-2-4-13(7-11)22(20,21)19-12-5-6-16(19)14-9-17-10-18-15(14)8-12/h2-4,7,9-10,12,16H,5-6,8H2,1H3. The van der Waals surface area contributed by atoms with Crippen molar-refractivity contribution in [3.05, 3.63) is 53.6 Å². The van der Waals surface area contributed by atoms with E-state index in [0.717, 1.165) is 29.7 Å². The molecule has 22 heavy (non-hydrogen) atoms. The van der Waals surface area contributed by atoms with Gasteiger partial charge in [0.25, 0.3) is 0 Å². The first-order valence-electron chi connectivity index (χ1n) is 7.46. The van der Waals surface area contributed by atoms with Gasteiger partial charge >= 0.3 is 0 Å². The van der Waals surface area contributed by atoms with E-state index in [1.165, 1.54) is 0 Å². The summed E-state index contributed by atoms with van der Waals surface area (Å²) in [5.41, 5.74) is 2.92. The van der Waals surface area contributed by atoms with Crippen molar-refractivity contribution in [3.63, 3.8) is 0 Å². The van der Waals surface area contributed by atoms with E-state index >= 15 is 0 Å². The predicted molar refractivity (Wildman–Crippen MR) is 81.7 cm³/mol. The van der Waals surface area contributed by atoms with Crippen LogP contribution in [0.3, 0.4) is 0 Å². The Labute approximate surface area is 130 Å². The first-order valence-corrected chi connectivity index (χ1v) is 8.90. The average molecular weight is 315 g/mol. The molecule has 4 rings (SSSR count). The predicted octanol–water partition coefficient (Wildman–Crippen LogP) is 2.24. The largest absolute Gasteiger partial charge is 0.244 e. The van der Waals surface area contributed by atoms with Crippen molar-refractivity contribution in [3.8, 4) is 0 Å². The molecule has 2 bridgehead atoms. The minimum absolute atomic E-state index is 0.0120. The molecular weight excluding hydrogens is 298 g/mol. The van der Waals surface area contributed by atoms with Crippen LogP contribution in [0, 0.1) is 6.92 Å². The highest BCUT2D eigenvalue weighted by Crippen LogP contribution is 2.45. The van der Waals surface area contributed by atoms with Gasteiger partial charge in [-0.2, -0.15) is 4.31 Å². The molecule has 0 aliphatic carbocycles. The van der Waals surface area contributed by atoms with Crippen LogP contribution in [-0.2, 0) is 16.4 Å². The number of rotatable bonds is 2. The van der Waals surface area contributed by atoms with Gasteiger partial charge in [-0.3, -0.25) is 0 Å². The SMILES string of the molecule is Cc1cccc(S(=O)(=O)N2C3CCC2c2cncnc2C3)c1. The minimum Gasteiger partial charge on any atom is -0.244 e. The van der Waals surface area contributed by atoms with Crippen LogP contribution >= 0.6 is 0 Å². The Kier molecular flexibility index (Phi) is 3.06. The third-order valence-electron chi connectivity index (χ3n) is 4.62. The zero-order valence-electron chi connectivity index (χ0n) is 12.3. The number of aryl methyl sites for hydroxylation is 1. The van der Waals surface area contributed by atoms with Crippen molar-refractivity contribution in [2.45, 2.75) is 43.2 Å². The maximum atomic E-state index is 13.1. The molecule has 1 aromatic carbocycles. The number of hydrogen-bond acceptors (Lipinski definition) is 4. The van der Waals surface area contributed by atoms with Crippen LogP contribution in [0.25, 0.3) is 0 Å². The topological polar surface area (TPSA) is 63.2 Å². The van der Waals surface area contributed by atoms with Crippen molar-refractivity contribution >= 4 is 10.0 Å². The Morgan fingerprint density at radius 2 is 2.14 bits per heavy atom. The second-order valence-corrected chi connectivity index (χ2v) is 7.87. The molecule has 2 aliphatic rings. The van der Waals surface area contributed by atoms with Crippen molar-refractivity contribution in [2.75, 3.05) is 0 Å². The van der Waals surface area contributed by atoms with E-state index in [1.54, 1.807) is 35.0 Å². The highest BCUT2D eigenvalue weighted by molar-refractivity contribution is 7.89. The fourth-order valence-electron chi connectivity index (χ4n) is 3.64. The van der Waals surface area contributed by atoms with Crippen LogP contribution in [0.5, 0.6) is 0 Å². The highest BCUT2D eigenvalue weighted by atomic mass is 32.2. The maximum Gasteiger partial charge on any atom is 0.243 e. The summed E-state index contributed by atoms with van der Waals surface area (Å²) in [5, 5.41) is 0. The number of benzene rings is 1. The lowest BCUT2D eigenvalue weighted by molar-refractivity contribution is 0.300. The van der Waals surface area contributed by atoms with Gasteiger partial charge in [-0.05, 0) is 37.5 Å². The van der Waals surface area contributed by atoms with E-state index in [0.29, 0.717) is 11.3 Å². The summed E-state index contributed by atoms with van der Waals surface area (Å²) in [6.45, 7) is 1.91. The average Bonchev–Trinajstić information content (AvgIpc) is 2.84. The lowest BCUT2D eigenvalue weighted by Crippen LogP contribution is -2.42. The normalized spacial score (nSPS) is 24.2. The Bertz CT molecular complexity index is 835. The monoisotopic (exact) mass is 315 g/mol. The molecule has 1 aromatic heterocycles. The van der Waals surface area contributed by atoms with Gasteiger partial charge in [0, 0.05) is 24.2 Å². The summed E-state index contributed by atoms with van der Waals surface area (Å²) < 4.78 is 27.9. The first-order chi connectivity index (χ1) is 10.6. The molecule has 0 saturated carbocycles. The second kappa shape index (κ2) is 4.86. The molecule has 0 radical (unpaired) electrons. The molecule has 6 heteroatoms. The third-order valence-corrected chi connectivity index (χ3v) is 6.58. The van der Waals surface area contributed by atoms with Crippen molar-refractivity contribution < 1.29 is 8.42 Å². The van der Waals surface area contributed by atoms with Crippen LogP contribution in [0.15, 0.2) is 41.7 Å². The summed E-state index contributed by atoms with van der Waals surface area (Å²) >= 11 is 0. The summed E-state index contributed by atoms with van der Waals surface area (Å²) in [6.07, 6.45) is 5.72. The van der Waals surface area contributed by atoms with E-state index in [2.05, 4.69) is 9.97 Å². The summed E-state index contributed by atoms with van der Waals surface area (Å²) in [7, 11) is -3.49. The number of hydrogen-bond donors (Lipinski definition) is 0. The smallest absolute Gasteiger partial charge is 0.243 e. The number of sulfonamides is 1. The van der Waals surface area contributed by atoms with Crippen molar-refractivity contribution in [1.82, 2.24) is 14.3 Å². The minimum atomic E-state index is -3.49. The third kappa shape index (κ3) is 1.98. The molecule has 2 atom stereocenters. The van der Waals surface area contributed by atoms with Gasteiger partial charge in [0.2, 0.25) is 10.0 Å². The van der Waals surface area contributed by atoms with Gasteiger partial charge in [-0.25, -0.2) is 18.4 Å². The fourth-order valence-corrected chi connectivity index (χ4v) is 5.60. The van der Waals surface area contributed by atoms with Crippen LogP contribution < -0.4 is 0 Å². The maximum absolute atomic E-state index is 13.1. The molecule has 2 unspecified atom stereocenters. The van der Waals surface area contributed by atoms with Crippen molar-refractivity contribution in [1.29, 1.82) is 0 Å². The van der Waals surface area contributed by atoms with Crippen LogP contribution in [0.1, 0.15) is 35.7 Å². The lowest BCUT2D eigenvalue weighted by Gasteiger charge is -2.34. The second-order valence-electron chi connectivity index (χ2n) is 6.03. The molecule has 0 amide bonds. The van der Waals surface area contributed by atoms with Crippen LogP contribution in [-0.4, -0.2) is 28.7 Å². The quantitative estimate of drug-likeness (QED) is 0.852. The molecule has 2 aromatic rings. The van der Waals surface area contributed by atoms with Gasteiger partial charge in [-0.1, -0.05) is 12.1 Å². The number of fused-ring (bicyclic) bond motifs is 4. The van der Waals surface area contributed by atoms with E-state index in [1.807, 2.05) is 13.0 Å². The number of aromatic nitrogens is 2. The van der Waals surface area contributed by atoms with E-state index in [9.17, 15) is 8.42 Å². The molecule has 0 N–H and O–H groups in total. The molecule has 1 fully saturated rings. The van der Waals surface area contributed by atoms with Gasteiger partial charge < -0.3 is 0 Å². The van der Waals surface area contributed by atoms with Gasteiger partial charge in [0.1, 0.15) is 6.33 Å². The Morgan fingerprint density at radius 1 is 1.27 bits per heavy atom. The molecule has 0 spiro atoms. The lowest BCUT2D eigenvalue weighted by atomic mass is 10.0. The highest BCUT2D eigenvalue weighted by Gasteiger charge is 2.47. The Hall–Kier alpha value is -1.79. The van der Waals surface area contributed by atoms with Crippen LogP contribution in [0.4, 0.5) is 0 Å². The zero-order chi connectivity index (χ0) is 15.3. The Morgan fingerprint density at radius 3 is 2.95 bits per heavy atom. The molecule has 3 heterocycles. The molecule has 5 nitrogen and oxygen atoms in total. The first kappa shape index (κ1) is 13.8. The zero-order valence-corrected chi connectivity index (χ0v) is 13.1. The molecule has 2 aliphatic heterocycles. The van der Waals surface area contributed by atoms with Crippen molar-refractivity contribution in [2.24, 2.45) is 0 Å². The summed E-state index contributed by atoms with van der Waals surface area (Å²) in [6, 6.07) is 7.02.